The number of nitrogens with one attached hydrogen (secondary N) is 1. The molecule has 1 N–H and O–H groups in total. The van der Waals surface area contributed by atoms with Crippen molar-refractivity contribution >= 4 is 0 Å². The smallest absolute Gasteiger partial charge is 0.0671 e. The highest BCUT2D eigenvalue weighted by atomic mass is 16.5. The molecule has 0 radical (unpaired) electrons. The monoisotopic (exact) mass is 220 g/mol. The van der Waals surface area contributed by atoms with Crippen LogP contribution >= 0.6 is 0 Å². The third-order valence-electron chi connectivity index (χ3n) is 3.06. The lowest BCUT2D eigenvalue weighted by molar-refractivity contribution is 0.0738. The van der Waals surface area contributed by atoms with Gasteiger partial charge in [-0.2, -0.15) is 0 Å². The molecular weight excluding hydrogens is 200 g/mol. The number of fused-ring (bicyclic) bond motifs is 1. The Morgan fingerprint density at radius 2 is 2.50 bits per heavy atom. The average Bonchev–Trinajstić information content (AvgIpc) is 2.70. The summed E-state index contributed by atoms with van der Waals surface area (Å²) in [6, 6.07) is 4.61. The minimum atomic E-state index is 0.276. The summed E-state index contributed by atoms with van der Waals surface area (Å²) >= 11 is 0. The number of ether oxygens (including phenoxy) is 1. The van der Waals surface area contributed by atoms with Gasteiger partial charge >= 0.3 is 0 Å². The van der Waals surface area contributed by atoms with Gasteiger partial charge in [0.15, 0.2) is 0 Å². The number of pyridine rings is 1. The van der Waals surface area contributed by atoms with E-state index in [4.69, 9.17) is 4.74 Å². The summed E-state index contributed by atoms with van der Waals surface area (Å²) < 4.78 is 5.51. The maximum absolute atomic E-state index is 5.51. The predicted molar refractivity (Wildman–Crippen MR) is 64.4 cm³/mol. The molecule has 1 aliphatic carbocycles. The molecule has 0 saturated carbocycles. The topological polar surface area (TPSA) is 34.1 Å². The van der Waals surface area contributed by atoms with Crippen molar-refractivity contribution < 1.29 is 4.74 Å². The Balaban J connectivity index is 1.88. The zero-order valence-electron chi connectivity index (χ0n) is 10.1. The average molecular weight is 220 g/mol. The zero-order chi connectivity index (χ0) is 11.4. The van der Waals surface area contributed by atoms with Gasteiger partial charge in [-0.05, 0) is 38.3 Å². The quantitative estimate of drug-likeness (QED) is 0.825. The number of nitrogens with zero attached hydrogens (tertiary/aromatic N) is 1. The van der Waals surface area contributed by atoms with Crippen LogP contribution in [0.15, 0.2) is 18.3 Å². The highest BCUT2D eigenvalue weighted by Gasteiger charge is 2.23. The molecule has 1 aliphatic rings. The summed E-state index contributed by atoms with van der Waals surface area (Å²) in [6.07, 6.45) is 4.46. The van der Waals surface area contributed by atoms with E-state index in [2.05, 4.69) is 23.3 Å². The summed E-state index contributed by atoms with van der Waals surface area (Å²) in [5.41, 5.74) is 2.62. The molecule has 1 aromatic heterocycles. The van der Waals surface area contributed by atoms with Crippen LogP contribution in [0.3, 0.4) is 0 Å². The Kier molecular flexibility index (Phi) is 3.91. The van der Waals surface area contributed by atoms with Gasteiger partial charge in [0, 0.05) is 19.3 Å². The summed E-state index contributed by atoms with van der Waals surface area (Å²) in [5.74, 6) is 0. The second-order valence-electron chi connectivity index (χ2n) is 4.31. The molecule has 2 atom stereocenters. The lowest BCUT2D eigenvalue weighted by Crippen LogP contribution is -2.29. The first-order valence-corrected chi connectivity index (χ1v) is 6.10. The molecule has 88 valence electrons. The van der Waals surface area contributed by atoms with E-state index in [1.54, 1.807) is 0 Å². The van der Waals surface area contributed by atoms with Crippen LogP contribution in [0.2, 0.25) is 0 Å². The van der Waals surface area contributed by atoms with Crippen LogP contribution in [0, 0.1) is 0 Å². The molecule has 1 aromatic rings. The maximum Gasteiger partial charge on any atom is 0.0671 e. The van der Waals surface area contributed by atoms with Crippen molar-refractivity contribution in [2.75, 3.05) is 13.2 Å². The van der Waals surface area contributed by atoms with Gasteiger partial charge in [-0.15, -0.1) is 0 Å². The Hall–Kier alpha value is -0.930. The fourth-order valence-corrected chi connectivity index (χ4v) is 2.26. The van der Waals surface area contributed by atoms with Crippen molar-refractivity contribution in [3.63, 3.8) is 0 Å². The van der Waals surface area contributed by atoms with Gasteiger partial charge in [-0.1, -0.05) is 6.07 Å². The van der Waals surface area contributed by atoms with Crippen molar-refractivity contribution in [1.82, 2.24) is 10.3 Å². The molecule has 3 nitrogen and oxygen atoms in total. The van der Waals surface area contributed by atoms with Gasteiger partial charge in [0.25, 0.3) is 0 Å². The normalized spacial score (nSPS) is 20.8. The molecule has 0 aliphatic heterocycles. The van der Waals surface area contributed by atoms with Crippen LogP contribution in [-0.2, 0) is 11.2 Å². The Labute approximate surface area is 97.2 Å². The van der Waals surface area contributed by atoms with Crippen LogP contribution in [0.25, 0.3) is 0 Å². The lowest BCUT2D eigenvalue weighted by Gasteiger charge is -2.17. The number of hydrogen-bond donors (Lipinski definition) is 1. The maximum atomic E-state index is 5.51. The molecule has 0 aromatic carbocycles. The number of hydrogen-bond acceptors (Lipinski definition) is 3. The summed E-state index contributed by atoms with van der Waals surface area (Å²) in [4.78, 5) is 4.46. The van der Waals surface area contributed by atoms with Crippen LogP contribution in [-0.4, -0.2) is 24.2 Å². The van der Waals surface area contributed by atoms with Crippen molar-refractivity contribution in [1.29, 1.82) is 0 Å². The molecule has 3 heteroatoms. The molecule has 0 spiro atoms. The molecule has 0 saturated heterocycles. The van der Waals surface area contributed by atoms with E-state index in [9.17, 15) is 0 Å². The highest BCUT2D eigenvalue weighted by molar-refractivity contribution is 5.27. The van der Waals surface area contributed by atoms with E-state index in [0.29, 0.717) is 6.04 Å². The Morgan fingerprint density at radius 1 is 1.62 bits per heavy atom. The Morgan fingerprint density at radius 3 is 3.31 bits per heavy atom. The minimum absolute atomic E-state index is 0.276. The predicted octanol–water partition coefficient (Wildman–Crippen LogP) is 2.08. The van der Waals surface area contributed by atoms with E-state index < -0.39 is 0 Å². The zero-order valence-corrected chi connectivity index (χ0v) is 10.1. The molecule has 2 unspecified atom stereocenters. The number of aryl methyl sites for hydroxylation is 1. The van der Waals surface area contributed by atoms with Crippen LogP contribution < -0.4 is 5.32 Å². The third-order valence-corrected chi connectivity index (χ3v) is 3.06. The summed E-state index contributed by atoms with van der Waals surface area (Å²) in [5, 5.41) is 3.53. The van der Waals surface area contributed by atoms with Gasteiger partial charge in [0.2, 0.25) is 0 Å². The molecule has 0 fully saturated rings. The fourth-order valence-electron chi connectivity index (χ4n) is 2.26. The largest absolute Gasteiger partial charge is 0.377 e. The Bertz CT molecular complexity index is 340. The molecule has 0 amide bonds. The molecule has 0 bridgehead atoms. The van der Waals surface area contributed by atoms with Gasteiger partial charge in [-0.3, -0.25) is 4.98 Å². The molecule has 16 heavy (non-hydrogen) atoms. The van der Waals surface area contributed by atoms with Crippen LogP contribution in [0.4, 0.5) is 0 Å². The molecule has 2 rings (SSSR count). The first-order chi connectivity index (χ1) is 7.81. The SMILES string of the molecule is CCOC(C)CNC1CCc2cccnc21. The van der Waals surface area contributed by atoms with Gasteiger partial charge in [-0.25, -0.2) is 0 Å². The second-order valence-corrected chi connectivity index (χ2v) is 4.31. The van der Waals surface area contributed by atoms with E-state index >= 15 is 0 Å². The first kappa shape index (κ1) is 11.6. The van der Waals surface area contributed by atoms with E-state index in [-0.39, 0.29) is 6.10 Å². The van der Waals surface area contributed by atoms with E-state index in [1.165, 1.54) is 11.3 Å². The molecule has 1 heterocycles. The molecular formula is C13H20N2O. The lowest BCUT2D eigenvalue weighted by atomic mass is 10.2. The van der Waals surface area contributed by atoms with E-state index in [1.807, 2.05) is 19.2 Å². The van der Waals surface area contributed by atoms with Gasteiger partial charge in [0.05, 0.1) is 17.8 Å². The van der Waals surface area contributed by atoms with Crippen molar-refractivity contribution in [2.45, 2.75) is 38.8 Å². The van der Waals surface area contributed by atoms with Gasteiger partial charge in [0.1, 0.15) is 0 Å². The van der Waals surface area contributed by atoms with Gasteiger partial charge < -0.3 is 10.1 Å². The highest BCUT2D eigenvalue weighted by Crippen LogP contribution is 2.28. The minimum Gasteiger partial charge on any atom is -0.377 e. The summed E-state index contributed by atoms with van der Waals surface area (Å²) in [7, 11) is 0. The standard InChI is InChI=1S/C13H20N2O/c1-3-16-10(2)9-15-12-7-6-11-5-4-8-14-13(11)12/h4-5,8,10,12,15H,3,6-7,9H2,1-2H3. The van der Waals surface area contributed by atoms with Crippen molar-refractivity contribution in [2.24, 2.45) is 0 Å². The van der Waals surface area contributed by atoms with Crippen LogP contribution in [0.5, 0.6) is 0 Å². The number of aromatic nitrogens is 1. The van der Waals surface area contributed by atoms with Crippen LogP contribution in [0.1, 0.15) is 37.6 Å². The third kappa shape index (κ3) is 2.60. The number of rotatable bonds is 5. The van der Waals surface area contributed by atoms with Crippen molar-refractivity contribution in [3.05, 3.63) is 29.6 Å². The fraction of sp³-hybridized carbons (Fsp3) is 0.615. The summed E-state index contributed by atoms with van der Waals surface area (Å²) in [6.45, 7) is 5.81. The van der Waals surface area contributed by atoms with E-state index in [0.717, 1.165) is 26.0 Å². The second kappa shape index (κ2) is 5.41. The first-order valence-electron chi connectivity index (χ1n) is 6.10. The van der Waals surface area contributed by atoms with Crippen molar-refractivity contribution in [3.8, 4) is 0 Å².